The summed E-state index contributed by atoms with van der Waals surface area (Å²) in [5, 5.41) is 2.76. The molecule has 3 aromatic rings. The number of aromatic amines is 1. The lowest BCUT2D eigenvalue weighted by molar-refractivity contribution is -0.330. The number of halogens is 2. The summed E-state index contributed by atoms with van der Waals surface area (Å²) in [6, 6.07) is 16.3. The number of hydrogen-bond acceptors (Lipinski definition) is 2. The van der Waals surface area contributed by atoms with E-state index >= 15 is 0 Å². The Labute approximate surface area is 157 Å². The van der Waals surface area contributed by atoms with Crippen LogP contribution in [0.25, 0.3) is 10.9 Å². The molecule has 4 rings (SSSR count). The molecule has 128 valence electrons. The molecule has 1 saturated heterocycles. The van der Waals surface area contributed by atoms with Crippen molar-refractivity contribution < 1.29 is 4.98 Å². The highest BCUT2D eigenvalue weighted by Gasteiger charge is 2.24. The second-order valence-corrected chi connectivity index (χ2v) is 7.35. The number of fused-ring (bicyclic) bond motifs is 1. The molecule has 0 bridgehead atoms. The first kappa shape index (κ1) is 16.5. The average Bonchev–Trinajstić information content (AvgIpc) is 2.61. The molecule has 2 aromatic carbocycles. The molecular formula is C20H20Cl2N3+. The van der Waals surface area contributed by atoms with Crippen LogP contribution in [0.3, 0.4) is 0 Å². The Morgan fingerprint density at radius 1 is 0.840 bits per heavy atom. The molecule has 1 aromatic heterocycles. The van der Waals surface area contributed by atoms with Crippen molar-refractivity contribution in [3.8, 4) is 0 Å². The van der Waals surface area contributed by atoms with Gasteiger partial charge in [-0.05, 0) is 42.8 Å². The van der Waals surface area contributed by atoms with Gasteiger partial charge in [0.1, 0.15) is 18.6 Å². The van der Waals surface area contributed by atoms with E-state index in [1.807, 2.05) is 30.3 Å². The summed E-state index contributed by atoms with van der Waals surface area (Å²) in [5.41, 5.74) is 3.54. The van der Waals surface area contributed by atoms with Crippen molar-refractivity contribution in [2.24, 2.45) is 0 Å². The van der Waals surface area contributed by atoms with Gasteiger partial charge in [-0.3, -0.25) is 4.90 Å². The summed E-state index contributed by atoms with van der Waals surface area (Å²) in [7, 11) is 0. The number of hydrogen-bond donors (Lipinski definition) is 0. The molecule has 25 heavy (non-hydrogen) atoms. The molecule has 1 aliphatic heterocycles. The van der Waals surface area contributed by atoms with Crippen molar-refractivity contribution in [3.63, 3.8) is 0 Å². The SMILES string of the molecule is Cc1cc(N2CCN(c3cccc(Cl)c3)CC2)[nH+]c2cc(Cl)ccc12. The van der Waals surface area contributed by atoms with Crippen molar-refractivity contribution in [1.29, 1.82) is 0 Å². The Hall–Kier alpha value is -1.97. The molecule has 0 saturated carbocycles. The lowest BCUT2D eigenvalue weighted by Gasteiger charge is -2.32. The van der Waals surface area contributed by atoms with E-state index in [2.05, 4.69) is 39.9 Å². The van der Waals surface area contributed by atoms with Gasteiger partial charge in [0, 0.05) is 33.3 Å². The molecule has 1 aliphatic rings. The molecule has 0 spiro atoms. The third kappa shape index (κ3) is 3.39. The maximum absolute atomic E-state index is 6.16. The quantitative estimate of drug-likeness (QED) is 0.655. The Morgan fingerprint density at radius 3 is 2.32 bits per heavy atom. The molecule has 1 fully saturated rings. The van der Waals surface area contributed by atoms with Gasteiger partial charge in [-0.2, -0.15) is 0 Å². The lowest BCUT2D eigenvalue weighted by Crippen LogP contribution is -2.48. The van der Waals surface area contributed by atoms with Crippen LogP contribution in [0.5, 0.6) is 0 Å². The van der Waals surface area contributed by atoms with Gasteiger partial charge in [0.15, 0.2) is 0 Å². The fourth-order valence-electron chi connectivity index (χ4n) is 3.47. The number of benzene rings is 2. The van der Waals surface area contributed by atoms with Crippen molar-refractivity contribution in [2.75, 3.05) is 36.0 Å². The first-order valence-electron chi connectivity index (χ1n) is 8.48. The van der Waals surface area contributed by atoms with Gasteiger partial charge < -0.3 is 4.90 Å². The highest BCUT2D eigenvalue weighted by Crippen LogP contribution is 2.24. The summed E-state index contributed by atoms with van der Waals surface area (Å²) >= 11 is 12.3. The first-order valence-corrected chi connectivity index (χ1v) is 9.23. The van der Waals surface area contributed by atoms with Gasteiger partial charge in [0.05, 0.1) is 13.1 Å². The minimum atomic E-state index is 0.756. The predicted molar refractivity (Wildman–Crippen MR) is 106 cm³/mol. The van der Waals surface area contributed by atoms with Crippen LogP contribution >= 0.6 is 23.2 Å². The molecule has 5 heteroatoms. The summed E-state index contributed by atoms with van der Waals surface area (Å²) in [4.78, 5) is 8.32. The summed E-state index contributed by atoms with van der Waals surface area (Å²) in [5.74, 6) is 1.15. The zero-order chi connectivity index (χ0) is 17.4. The van der Waals surface area contributed by atoms with Gasteiger partial charge >= 0.3 is 0 Å². The number of piperazine rings is 1. The molecule has 2 heterocycles. The number of anilines is 2. The molecule has 0 amide bonds. The van der Waals surface area contributed by atoms with Crippen molar-refractivity contribution in [3.05, 3.63) is 64.1 Å². The summed E-state index contributed by atoms with van der Waals surface area (Å²) < 4.78 is 0. The second-order valence-electron chi connectivity index (χ2n) is 6.48. The maximum Gasteiger partial charge on any atom is 0.275 e. The Kier molecular flexibility index (Phi) is 4.45. The third-order valence-electron chi connectivity index (χ3n) is 4.82. The van der Waals surface area contributed by atoms with Crippen molar-refractivity contribution in [1.82, 2.24) is 0 Å². The van der Waals surface area contributed by atoms with Gasteiger partial charge in [0.25, 0.3) is 5.82 Å². The van der Waals surface area contributed by atoms with Crippen LogP contribution in [0.2, 0.25) is 10.0 Å². The average molecular weight is 373 g/mol. The van der Waals surface area contributed by atoms with Crippen LogP contribution < -0.4 is 14.8 Å². The number of rotatable bonds is 2. The van der Waals surface area contributed by atoms with Gasteiger partial charge in [-0.15, -0.1) is 0 Å². The molecule has 0 aliphatic carbocycles. The summed E-state index contributed by atoms with van der Waals surface area (Å²) in [6.07, 6.45) is 0. The number of nitrogens with zero attached hydrogens (tertiary/aromatic N) is 2. The Morgan fingerprint density at radius 2 is 1.56 bits per heavy atom. The molecule has 0 radical (unpaired) electrons. The molecular weight excluding hydrogens is 353 g/mol. The van der Waals surface area contributed by atoms with Crippen LogP contribution in [0.4, 0.5) is 11.5 Å². The standard InChI is InChI=1S/C20H19Cl2N3/c1-14-11-20(23-19-13-16(22)5-6-18(14)19)25-9-7-24(8-10-25)17-4-2-3-15(21)12-17/h2-6,11-13H,7-10H2,1H3/p+1. The third-order valence-corrected chi connectivity index (χ3v) is 5.29. The van der Waals surface area contributed by atoms with Gasteiger partial charge in [0.2, 0.25) is 0 Å². The summed E-state index contributed by atoms with van der Waals surface area (Å²) in [6.45, 7) is 6.03. The number of nitrogens with one attached hydrogen (secondary N) is 1. The molecule has 0 unspecified atom stereocenters. The van der Waals surface area contributed by atoms with E-state index in [4.69, 9.17) is 23.2 Å². The van der Waals surface area contributed by atoms with Crippen LogP contribution in [-0.4, -0.2) is 26.2 Å². The van der Waals surface area contributed by atoms with E-state index in [9.17, 15) is 0 Å². The monoisotopic (exact) mass is 372 g/mol. The van der Waals surface area contributed by atoms with Crippen molar-refractivity contribution >= 4 is 45.6 Å². The number of H-pyrrole nitrogens is 1. The zero-order valence-electron chi connectivity index (χ0n) is 14.1. The second kappa shape index (κ2) is 6.74. The highest BCUT2D eigenvalue weighted by molar-refractivity contribution is 6.31. The highest BCUT2D eigenvalue weighted by atomic mass is 35.5. The van der Waals surface area contributed by atoms with E-state index in [0.717, 1.165) is 47.6 Å². The number of pyridine rings is 1. The largest absolute Gasteiger partial charge is 0.364 e. The lowest BCUT2D eigenvalue weighted by atomic mass is 10.1. The van der Waals surface area contributed by atoms with E-state index in [1.54, 1.807) is 0 Å². The van der Waals surface area contributed by atoms with Gasteiger partial charge in [-0.25, -0.2) is 4.98 Å². The number of aromatic nitrogens is 1. The molecule has 3 nitrogen and oxygen atoms in total. The predicted octanol–water partition coefficient (Wildman–Crippen LogP) is 4.60. The van der Waals surface area contributed by atoms with Crippen molar-refractivity contribution in [2.45, 2.75) is 6.92 Å². The normalized spacial score (nSPS) is 15.0. The fourth-order valence-corrected chi connectivity index (χ4v) is 3.83. The maximum atomic E-state index is 6.16. The Balaban J connectivity index is 1.55. The zero-order valence-corrected chi connectivity index (χ0v) is 15.6. The van der Waals surface area contributed by atoms with E-state index in [0.29, 0.717) is 0 Å². The van der Waals surface area contributed by atoms with Crippen LogP contribution in [0, 0.1) is 6.92 Å². The number of aryl methyl sites for hydroxylation is 1. The fraction of sp³-hybridized carbons (Fsp3) is 0.250. The van der Waals surface area contributed by atoms with E-state index in [1.165, 1.54) is 16.6 Å². The van der Waals surface area contributed by atoms with Crippen LogP contribution in [0.15, 0.2) is 48.5 Å². The van der Waals surface area contributed by atoms with E-state index in [-0.39, 0.29) is 0 Å². The minimum absolute atomic E-state index is 0.756. The smallest absolute Gasteiger partial charge is 0.275 e. The minimum Gasteiger partial charge on any atom is -0.364 e. The van der Waals surface area contributed by atoms with Crippen LogP contribution in [-0.2, 0) is 0 Å². The van der Waals surface area contributed by atoms with Gasteiger partial charge in [-0.1, -0.05) is 29.3 Å². The van der Waals surface area contributed by atoms with E-state index < -0.39 is 0 Å². The molecule has 1 N–H and O–H groups in total. The topological polar surface area (TPSA) is 20.6 Å². The Bertz CT molecular complexity index is 918. The van der Waals surface area contributed by atoms with Crippen LogP contribution in [0.1, 0.15) is 5.56 Å². The first-order chi connectivity index (χ1) is 12.1. The molecule has 0 atom stereocenters.